The number of hydrogen-bond acceptors (Lipinski definition) is 3. The van der Waals surface area contributed by atoms with Crippen LogP contribution in [0.5, 0.6) is 0 Å². The van der Waals surface area contributed by atoms with Crippen LogP contribution in [-0.2, 0) is 0 Å². The number of aliphatic hydroxyl groups excluding tert-OH is 1. The maximum Gasteiger partial charge on any atom is 0.120 e. The molecule has 1 aliphatic carbocycles. The third-order valence-electron chi connectivity index (χ3n) is 4.08. The number of thiazole rings is 1. The summed E-state index contributed by atoms with van der Waals surface area (Å²) in [5.41, 5.74) is 1.05. The van der Waals surface area contributed by atoms with Crippen LogP contribution in [-0.4, -0.2) is 14.5 Å². The zero-order valence-corrected chi connectivity index (χ0v) is 11.6. The Hall–Kier alpha value is -0.870. The molecule has 0 spiro atoms. The van der Waals surface area contributed by atoms with E-state index in [-0.39, 0.29) is 6.10 Å². The van der Waals surface area contributed by atoms with Gasteiger partial charge in [-0.25, -0.2) is 4.98 Å². The highest BCUT2D eigenvalue weighted by molar-refractivity contribution is 7.17. The molecule has 98 valence electrons. The molecule has 3 nitrogen and oxygen atoms in total. The fourth-order valence-corrected chi connectivity index (χ4v) is 4.17. The number of aliphatic hydroxyl groups is 1. The van der Waals surface area contributed by atoms with E-state index in [0.29, 0.717) is 5.92 Å². The van der Waals surface area contributed by atoms with Gasteiger partial charge in [0.25, 0.3) is 0 Å². The number of imidazole rings is 1. The minimum Gasteiger partial charge on any atom is -0.387 e. The first kappa shape index (κ1) is 12.2. The number of aryl methyl sites for hydroxylation is 1. The van der Waals surface area contributed by atoms with Gasteiger partial charge in [-0.1, -0.05) is 32.1 Å². The van der Waals surface area contributed by atoms with Crippen LogP contribution in [0.3, 0.4) is 0 Å². The second-order valence-electron chi connectivity index (χ2n) is 5.40. The molecule has 1 fully saturated rings. The molecular weight excluding hydrogens is 244 g/mol. The first-order valence-corrected chi connectivity index (χ1v) is 7.67. The highest BCUT2D eigenvalue weighted by Gasteiger charge is 2.22. The third kappa shape index (κ3) is 2.19. The van der Waals surface area contributed by atoms with Gasteiger partial charge in [-0.2, -0.15) is 0 Å². The predicted molar refractivity (Wildman–Crippen MR) is 74.0 cm³/mol. The van der Waals surface area contributed by atoms with Gasteiger partial charge < -0.3 is 5.11 Å². The first-order valence-electron chi connectivity index (χ1n) is 6.85. The van der Waals surface area contributed by atoms with Crippen LogP contribution >= 0.6 is 11.3 Å². The topological polar surface area (TPSA) is 37.5 Å². The molecule has 0 saturated heterocycles. The van der Waals surface area contributed by atoms with Gasteiger partial charge in [0.1, 0.15) is 11.2 Å². The molecule has 2 heterocycles. The SMILES string of the molecule is Cc1sc2cncn2c1C(O)CC1CCCCC1. The second-order valence-corrected chi connectivity index (χ2v) is 6.64. The van der Waals surface area contributed by atoms with Crippen molar-refractivity contribution in [2.24, 2.45) is 5.92 Å². The molecule has 3 rings (SSSR count). The number of rotatable bonds is 3. The molecule has 1 N–H and O–H groups in total. The van der Waals surface area contributed by atoms with Crippen molar-refractivity contribution in [3.05, 3.63) is 23.1 Å². The Labute approximate surface area is 111 Å². The third-order valence-corrected chi connectivity index (χ3v) is 5.11. The molecule has 2 aromatic heterocycles. The van der Waals surface area contributed by atoms with Crippen molar-refractivity contribution in [1.82, 2.24) is 9.38 Å². The number of hydrogen-bond donors (Lipinski definition) is 1. The van der Waals surface area contributed by atoms with Crippen LogP contribution in [0.4, 0.5) is 0 Å². The lowest BCUT2D eigenvalue weighted by Gasteiger charge is -2.24. The Kier molecular flexibility index (Phi) is 3.39. The number of aromatic nitrogens is 2. The molecule has 2 aromatic rings. The van der Waals surface area contributed by atoms with E-state index >= 15 is 0 Å². The van der Waals surface area contributed by atoms with Crippen LogP contribution < -0.4 is 0 Å². The summed E-state index contributed by atoms with van der Waals surface area (Å²) < 4.78 is 2.05. The summed E-state index contributed by atoms with van der Waals surface area (Å²) in [6.45, 7) is 2.09. The Bertz CT molecular complexity index is 525. The van der Waals surface area contributed by atoms with Gasteiger partial charge in [-0.3, -0.25) is 4.40 Å². The summed E-state index contributed by atoms with van der Waals surface area (Å²) in [6, 6.07) is 0. The molecule has 18 heavy (non-hydrogen) atoms. The Balaban J connectivity index is 1.80. The van der Waals surface area contributed by atoms with Crippen molar-refractivity contribution >= 4 is 16.2 Å². The van der Waals surface area contributed by atoms with Crippen molar-refractivity contribution in [2.45, 2.75) is 51.6 Å². The van der Waals surface area contributed by atoms with E-state index in [1.807, 2.05) is 16.9 Å². The molecule has 1 unspecified atom stereocenters. The van der Waals surface area contributed by atoms with Gasteiger partial charge in [0.05, 0.1) is 18.0 Å². The van der Waals surface area contributed by atoms with Gasteiger partial charge in [0.15, 0.2) is 0 Å². The van der Waals surface area contributed by atoms with E-state index < -0.39 is 0 Å². The Morgan fingerprint density at radius 1 is 1.44 bits per heavy atom. The fraction of sp³-hybridized carbons (Fsp3) is 0.643. The molecule has 0 aliphatic heterocycles. The summed E-state index contributed by atoms with van der Waals surface area (Å²) in [4.78, 5) is 6.50. The zero-order chi connectivity index (χ0) is 12.5. The minimum atomic E-state index is -0.337. The fourth-order valence-electron chi connectivity index (χ4n) is 3.16. The number of fused-ring (bicyclic) bond motifs is 1. The molecule has 0 radical (unpaired) electrons. The van der Waals surface area contributed by atoms with Gasteiger partial charge in [-0.05, 0) is 19.3 Å². The Morgan fingerprint density at radius 2 is 2.22 bits per heavy atom. The lowest BCUT2D eigenvalue weighted by molar-refractivity contribution is 0.126. The van der Waals surface area contributed by atoms with Crippen molar-refractivity contribution in [3.63, 3.8) is 0 Å². The summed E-state index contributed by atoms with van der Waals surface area (Å²) in [5.74, 6) is 0.701. The largest absolute Gasteiger partial charge is 0.387 e. The van der Waals surface area contributed by atoms with Crippen LogP contribution in [0, 0.1) is 12.8 Å². The monoisotopic (exact) mass is 264 g/mol. The smallest absolute Gasteiger partial charge is 0.120 e. The van der Waals surface area contributed by atoms with Gasteiger partial charge in [0.2, 0.25) is 0 Å². The van der Waals surface area contributed by atoms with E-state index in [9.17, 15) is 5.11 Å². The second kappa shape index (κ2) is 5.02. The van der Waals surface area contributed by atoms with Gasteiger partial charge in [0, 0.05) is 4.88 Å². The summed E-state index contributed by atoms with van der Waals surface area (Å²) >= 11 is 1.72. The molecule has 1 saturated carbocycles. The maximum atomic E-state index is 10.5. The van der Waals surface area contributed by atoms with Gasteiger partial charge in [-0.15, -0.1) is 11.3 Å². The lowest BCUT2D eigenvalue weighted by atomic mass is 9.85. The molecular formula is C14H20N2OS. The summed E-state index contributed by atoms with van der Waals surface area (Å²) in [6.07, 6.45) is 10.9. The van der Waals surface area contributed by atoms with Crippen molar-refractivity contribution in [2.75, 3.05) is 0 Å². The normalized spacial score (nSPS) is 19.4. The average Bonchev–Trinajstić information content (AvgIpc) is 2.89. The summed E-state index contributed by atoms with van der Waals surface area (Å²) in [5, 5.41) is 10.5. The minimum absolute atomic E-state index is 0.337. The van der Waals surface area contributed by atoms with E-state index in [1.54, 1.807) is 11.3 Å². The number of nitrogens with zero attached hydrogens (tertiary/aromatic N) is 2. The highest BCUT2D eigenvalue weighted by Crippen LogP contribution is 2.35. The molecule has 1 aliphatic rings. The van der Waals surface area contributed by atoms with E-state index in [1.165, 1.54) is 37.0 Å². The maximum absolute atomic E-state index is 10.5. The van der Waals surface area contributed by atoms with E-state index in [2.05, 4.69) is 11.9 Å². The van der Waals surface area contributed by atoms with Crippen molar-refractivity contribution < 1.29 is 5.11 Å². The van der Waals surface area contributed by atoms with Crippen LogP contribution in [0.1, 0.15) is 55.2 Å². The average molecular weight is 264 g/mol. The molecule has 0 bridgehead atoms. The van der Waals surface area contributed by atoms with Crippen LogP contribution in [0.25, 0.3) is 4.83 Å². The molecule has 0 amide bonds. The van der Waals surface area contributed by atoms with Crippen LogP contribution in [0.2, 0.25) is 0 Å². The van der Waals surface area contributed by atoms with Gasteiger partial charge >= 0.3 is 0 Å². The first-order chi connectivity index (χ1) is 8.75. The van der Waals surface area contributed by atoms with E-state index in [0.717, 1.165) is 16.9 Å². The zero-order valence-electron chi connectivity index (χ0n) is 10.8. The quantitative estimate of drug-likeness (QED) is 0.917. The predicted octanol–water partition coefficient (Wildman–Crippen LogP) is 3.71. The van der Waals surface area contributed by atoms with E-state index in [4.69, 9.17) is 0 Å². The molecule has 1 atom stereocenters. The molecule has 0 aromatic carbocycles. The summed E-state index contributed by atoms with van der Waals surface area (Å²) in [7, 11) is 0. The highest BCUT2D eigenvalue weighted by atomic mass is 32.1. The standard InChI is InChI=1S/C14H20N2OS/c1-10-14(16-9-15-8-13(16)18-10)12(17)7-11-5-3-2-4-6-11/h8-9,11-12,17H,2-7H2,1H3. The molecule has 4 heteroatoms. The van der Waals surface area contributed by atoms with Crippen molar-refractivity contribution in [1.29, 1.82) is 0 Å². The Morgan fingerprint density at radius 3 is 3.00 bits per heavy atom. The lowest BCUT2D eigenvalue weighted by Crippen LogP contribution is -2.12. The van der Waals surface area contributed by atoms with Crippen LogP contribution in [0.15, 0.2) is 12.5 Å². The van der Waals surface area contributed by atoms with Crippen molar-refractivity contribution in [3.8, 4) is 0 Å².